The molecule has 0 aliphatic carbocycles. The molecule has 0 bridgehead atoms. The molecule has 0 unspecified atom stereocenters. The lowest BCUT2D eigenvalue weighted by Crippen LogP contribution is -2.36. The number of ether oxygens (including phenoxy) is 1. The number of halogens is 1. The van der Waals surface area contributed by atoms with Gasteiger partial charge in [-0.25, -0.2) is 4.79 Å². The first-order valence-corrected chi connectivity index (χ1v) is 6.06. The fourth-order valence-electron chi connectivity index (χ4n) is 1.14. The molecule has 5 nitrogen and oxygen atoms in total. The van der Waals surface area contributed by atoms with E-state index in [1.807, 2.05) is 0 Å². The molecule has 0 atom stereocenters. The number of carbonyl (C=O) groups excluding carboxylic acids is 1. The van der Waals surface area contributed by atoms with Crippen LogP contribution in [0.4, 0.5) is 4.79 Å². The minimum Gasteiger partial charge on any atom is -0.507 e. The Balaban J connectivity index is 2.71. The van der Waals surface area contributed by atoms with Crippen molar-refractivity contribution in [1.82, 2.24) is 5.32 Å². The SMILES string of the molecule is CC(C)(C)OC(=O)NC(=N)c1ccc(O)c(Br)c1. The summed E-state index contributed by atoms with van der Waals surface area (Å²) in [5, 5.41) is 19.4. The average molecular weight is 315 g/mol. The van der Waals surface area contributed by atoms with Gasteiger partial charge in [-0.15, -0.1) is 0 Å². The highest BCUT2D eigenvalue weighted by atomic mass is 79.9. The van der Waals surface area contributed by atoms with E-state index in [2.05, 4.69) is 21.2 Å². The number of phenolic OH excluding ortho intramolecular Hbond substituents is 1. The van der Waals surface area contributed by atoms with E-state index in [-0.39, 0.29) is 11.6 Å². The Labute approximate surface area is 114 Å². The van der Waals surface area contributed by atoms with Crippen molar-refractivity contribution in [2.24, 2.45) is 0 Å². The Kier molecular flexibility index (Phi) is 4.34. The van der Waals surface area contributed by atoms with Crippen molar-refractivity contribution >= 4 is 27.9 Å². The Morgan fingerprint density at radius 1 is 1.44 bits per heavy atom. The average Bonchev–Trinajstić information content (AvgIpc) is 2.18. The number of aromatic hydroxyl groups is 1. The summed E-state index contributed by atoms with van der Waals surface area (Å²) in [7, 11) is 0. The monoisotopic (exact) mass is 314 g/mol. The van der Waals surface area contributed by atoms with Gasteiger partial charge in [-0.1, -0.05) is 0 Å². The molecule has 1 amide bonds. The number of carbonyl (C=O) groups is 1. The Morgan fingerprint density at radius 2 is 2.06 bits per heavy atom. The van der Waals surface area contributed by atoms with E-state index < -0.39 is 11.7 Å². The molecule has 0 saturated carbocycles. The molecule has 1 aromatic rings. The van der Waals surface area contributed by atoms with Crippen LogP contribution in [0.1, 0.15) is 26.3 Å². The molecule has 98 valence electrons. The standard InChI is InChI=1S/C12H15BrN2O3/c1-12(2,3)18-11(17)15-10(14)7-4-5-9(16)8(13)6-7/h4-6,16H,1-3H3,(H2,14,15,17). The summed E-state index contributed by atoms with van der Waals surface area (Å²) in [6.07, 6.45) is -0.684. The van der Waals surface area contributed by atoms with Crippen molar-refractivity contribution in [3.63, 3.8) is 0 Å². The summed E-state index contributed by atoms with van der Waals surface area (Å²) < 4.78 is 5.49. The Hall–Kier alpha value is -1.56. The van der Waals surface area contributed by atoms with Crippen LogP contribution in [-0.2, 0) is 4.74 Å². The second kappa shape index (κ2) is 5.39. The minimum atomic E-state index is -0.684. The second-order valence-electron chi connectivity index (χ2n) is 4.67. The molecule has 0 heterocycles. The van der Waals surface area contributed by atoms with Gasteiger partial charge in [-0.3, -0.25) is 10.7 Å². The lowest BCUT2D eigenvalue weighted by atomic mass is 10.2. The highest BCUT2D eigenvalue weighted by Crippen LogP contribution is 2.24. The maximum Gasteiger partial charge on any atom is 0.413 e. The first-order valence-electron chi connectivity index (χ1n) is 5.26. The summed E-state index contributed by atoms with van der Waals surface area (Å²) in [5.74, 6) is -0.0197. The van der Waals surface area contributed by atoms with Gasteiger partial charge in [0.05, 0.1) is 4.47 Å². The lowest BCUT2D eigenvalue weighted by molar-refractivity contribution is 0.0563. The van der Waals surface area contributed by atoms with Gasteiger partial charge in [0.25, 0.3) is 0 Å². The van der Waals surface area contributed by atoms with Crippen molar-refractivity contribution < 1.29 is 14.6 Å². The largest absolute Gasteiger partial charge is 0.507 e. The normalized spacial score (nSPS) is 10.9. The Bertz CT molecular complexity index is 481. The van der Waals surface area contributed by atoms with Crippen LogP contribution in [0, 0.1) is 5.41 Å². The van der Waals surface area contributed by atoms with E-state index in [0.717, 1.165) is 0 Å². The number of phenols is 1. The van der Waals surface area contributed by atoms with E-state index in [1.165, 1.54) is 18.2 Å². The molecule has 0 spiro atoms. The number of alkyl carbamates (subject to hydrolysis) is 1. The van der Waals surface area contributed by atoms with Crippen LogP contribution in [-0.4, -0.2) is 22.6 Å². The Morgan fingerprint density at radius 3 is 2.56 bits per heavy atom. The van der Waals surface area contributed by atoms with Crippen LogP contribution in [0.3, 0.4) is 0 Å². The molecule has 0 radical (unpaired) electrons. The van der Waals surface area contributed by atoms with Crippen LogP contribution in [0.5, 0.6) is 5.75 Å². The molecule has 3 N–H and O–H groups in total. The zero-order chi connectivity index (χ0) is 13.9. The smallest absolute Gasteiger partial charge is 0.413 e. The highest BCUT2D eigenvalue weighted by molar-refractivity contribution is 9.10. The number of amidine groups is 1. The van der Waals surface area contributed by atoms with Gasteiger partial charge in [0.2, 0.25) is 0 Å². The van der Waals surface area contributed by atoms with Gasteiger partial charge in [-0.05, 0) is 54.9 Å². The molecular formula is C12H15BrN2O3. The summed E-state index contributed by atoms with van der Waals surface area (Å²) in [6.45, 7) is 5.23. The van der Waals surface area contributed by atoms with Crippen molar-refractivity contribution in [2.45, 2.75) is 26.4 Å². The highest BCUT2D eigenvalue weighted by Gasteiger charge is 2.17. The molecule has 0 aromatic heterocycles. The summed E-state index contributed by atoms with van der Waals surface area (Å²) >= 11 is 3.14. The van der Waals surface area contributed by atoms with Crippen LogP contribution in [0.15, 0.2) is 22.7 Å². The molecule has 0 saturated heterocycles. The predicted molar refractivity (Wildman–Crippen MR) is 72.0 cm³/mol. The number of hydrogen-bond acceptors (Lipinski definition) is 4. The molecule has 0 fully saturated rings. The van der Waals surface area contributed by atoms with Crippen LogP contribution >= 0.6 is 15.9 Å². The van der Waals surface area contributed by atoms with E-state index in [4.69, 9.17) is 10.1 Å². The number of benzene rings is 1. The number of amides is 1. The van der Waals surface area contributed by atoms with E-state index >= 15 is 0 Å². The van der Waals surface area contributed by atoms with Crippen LogP contribution < -0.4 is 5.32 Å². The molecule has 1 rings (SSSR count). The molecule has 18 heavy (non-hydrogen) atoms. The van der Waals surface area contributed by atoms with Crippen molar-refractivity contribution in [3.8, 4) is 5.75 Å². The van der Waals surface area contributed by atoms with Crippen LogP contribution in [0.2, 0.25) is 0 Å². The third-order valence-electron chi connectivity index (χ3n) is 1.86. The lowest BCUT2D eigenvalue weighted by Gasteiger charge is -2.19. The summed E-state index contributed by atoms with van der Waals surface area (Å²) in [6, 6.07) is 4.50. The first-order chi connectivity index (χ1) is 8.19. The second-order valence-corrected chi connectivity index (χ2v) is 5.52. The van der Waals surface area contributed by atoms with Gasteiger partial charge in [0, 0.05) is 5.56 Å². The fourth-order valence-corrected chi connectivity index (χ4v) is 1.52. The summed E-state index contributed by atoms with van der Waals surface area (Å²) in [4.78, 5) is 11.5. The fraction of sp³-hybridized carbons (Fsp3) is 0.333. The number of hydrogen-bond donors (Lipinski definition) is 3. The van der Waals surface area contributed by atoms with Gasteiger partial charge < -0.3 is 9.84 Å². The van der Waals surface area contributed by atoms with Gasteiger partial charge in [-0.2, -0.15) is 0 Å². The summed E-state index contributed by atoms with van der Waals surface area (Å²) in [5.41, 5.74) is -0.148. The zero-order valence-corrected chi connectivity index (χ0v) is 12.0. The number of rotatable bonds is 1. The van der Waals surface area contributed by atoms with Gasteiger partial charge >= 0.3 is 6.09 Å². The van der Waals surface area contributed by atoms with E-state index in [1.54, 1.807) is 20.8 Å². The number of nitrogens with one attached hydrogen (secondary N) is 2. The maximum atomic E-state index is 11.5. The third-order valence-corrected chi connectivity index (χ3v) is 2.50. The molecule has 0 aliphatic heterocycles. The molecule has 6 heteroatoms. The van der Waals surface area contributed by atoms with Gasteiger partial charge in [0.1, 0.15) is 17.2 Å². The van der Waals surface area contributed by atoms with E-state index in [9.17, 15) is 9.90 Å². The minimum absolute atomic E-state index is 0.0730. The quantitative estimate of drug-likeness (QED) is 0.550. The van der Waals surface area contributed by atoms with Gasteiger partial charge in [0.15, 0.2) is 0 Å². The molecule has 0 aliphatic rings. The predicted octanol–water partition coefficient (Wildman–Crippen LogP) is 3.00. The first kappa shape index (κ1) is 14.5. The van der Waals surface area contributed by atoms with Crippen molar-refractivity contribution in [3.05, 3.63) is 28.2 Å². The molecular weight excluding hydrogens is 300 g/mol. The maximum absolute atomic E-state index is 11.5. The molecule has 1 aromatic carbocycles. The van der Waals surface area contributed by atoms with Crippen molar-refractivity contribution in [1.29, 1.82) is 5.41 Å². The van der Waals surface area contributed by atoms with Crippen molar-refractivity contribution in [2.75, 3.05) is 0 Å². The van der Waals surface area contributed by atoms with E-state index in [0.29, 0.717) is 10.0 Å². The zero-order valence-electron chi connectivity index (χ0n) is 10.4. The third kappa shape index (κ3) is 4.37. The topological polar surface area (TPSA) is 82.4 Å². The van der Waals surface area contributed by atoms with Crippen LogP contribution in [0.25, 0.3) is 0 Å².